The van der Waals surface area contributed by atoms with Crippen LogP contribution in [0.4, 0.5) is 4.39 Å². The van der Waals surface area contributed by atoms with Crippen LogP contribution in [0.5, 0.6) is 5.75 Å². The van der Waals surface area contributed by atoms with Gasteiger partial charge in [-0.25, -0.2) is 9.37 Å². The molecule has 1 atom stereocenters. The predicted molar refractivity (Wildman–Crippen MR) is 124 cm³/mol. The van der Waals surface area contributed by atoms with Gasteiger partial charge in [0, 0.05) is 36.6 Å². The molecule has 1 aliphatic heterocycles. The Balaban J connectivity index is 1.70. The SMILES string of the molecule is C=CCOc1ccc(/C(O)=C2/C(=O)C(=O)N(CCCn3ccnc3)C2c2ccccc2F)cc1. The summed E-state index contributed by atoms with van der Waals surface area (Å²) >= 11 is 0. The van der Waals surface area contributed by atoms with E-state index in [1.54, 1.807) is 55.1 Å². The number of rotatable bonds is 9. The second-order valence-corrected chi connectivity index (χ2v) is 7.79. The highest BCUT2D eigenvalue weighted by Gasteiger charge is 2.46. The van der Waals surface area contributed by atoms with Gasteiger partial charge in [0.25, 0.3) is 11.7 Å². The van der Waals surface area contributed by atoms with Gasteiger partial charge in [0.15, 0.2) is 0 Å². The monoisotopic (exact) mass is 461 g/mol. The van der Waals surface area contributed by atoms with Gasteiger partial charge in [0.1, 0.15) is 23.9 Å². The first-order valence-electron chi connectivity index (χ1n) is 10.8. The number of amides is 1. The second-order valence-electron chi connectivity index (χ2n) is 7.79. The minimum absolute atomic E-state index is 0.141. The van der Waals surface area contributed by atoms with Crippen molar-refractivity contribution in [3.8, 4) is 5.75 Å². The molecule has 1 aliphatic rings. The summed E-state index contributed by atoms with van der Waals surface area (Å²) in [6.45, 7) is 4.69. The summed E-state index contributed by atoms with van der Waals surface area (Å²) in [4.78, 5) is 31.3. The molecule has 1 N–H and O–H groups in total. The fourth-order valence-corrected chi connectivity index (χ4v) is 3.99. The van der Waals surface area contributed by atoms with E-state index in [-0.39, 0.29) is 23.4 Å². The van der Waals surface area contributed by atoms with Crippen LogP contribution < -0.4 is 4.74 Å². The van der Waals surface area contributed by atoms with Gasteiger partial charge in [-0.05, 0) is 36.8 Å². The number of imidazole rings is 1. The van der Waals surface area contributed by atoms with E-state index >= 15 is 0 Å². The zero-order valence-corrected chi connectivity index (χ0v) is 18.4. The number of carbonyl (C=O) groups excluding carboxylic acids is 2. The molecule has 1 fully saturated rings. The molecular formula is C26H24FN3O4. The highest BCUT2D eigenvalue weighted by molar-refractivity contribution is 6.46. The summed E-state index contributed by atoms with van der Waals surface area (Å²) in [6.07, 6.45) is 7.23. The molecule has 2 heterocycles. The van der Waals surface area contributed by atoms with Crippen molar-refractivity contribution in [2.75, 3.05) is 13.2 Å². The van der Waals surface area contributed by atoms with Gasteiger partial charge in [-0.1, -0.05) is 30.9 Å². The number of ether oxygens (including phenoxy) is 1. The first-order chi connectivity index (χ1) is 16.5. The summed E-state index contributed by atoms with van der Waals surface area (Å²) in [6, 6.07) is 11.4. The van der Waals surface area contributed by atoms with E-state index in [4.69, 9.17) is 4.74 Å². The smallest absolute Gasteiger partial charge is 0.295 e. The van der Waals surface area contributed by atoms with Crippen molar-refractivity contribution in [3.05, 3.63) is 102 Å². The van der Waals surface area contributed by atoms with Gasteiger partial charge < -0.3 is 19.3 Å². The van der Waals surface area contributed by atoms with Crippen LogP contribution in [0.1, 0.15) is 23.6 Å². The van der Waals surface area contributed by atoms with E-state index in [1.807, 2.05) is 4.57 Å². The molecule has 7 nitrogen and oxygen atoms in total. The van der Waals surface area contributed by atoms with E-state index in [9.17, 15) is 19.1 Å². The van der Waals surface area contributed by atoms with Crippen LogP contribution in [0.3, 0.4) is 0 Å². The van der Waals surface area contributed by atoms with Crippen molar-refractivity contribution >= 4 is 17.4 Å². The average Bonchev–Trinajstić information content (AvgIpc) is 3.45. The molecule has 0 aliphatic carbocycles. The molecule has 2 aromatic carbocycles. The number of hydrogen-bond donors (Lipinski definition) is 1. The van der Waals surface area contributed by atoms with Gasteiger partial charge in [-0.3, -0.25) is 9.59 Å². The summed E-state index contributed by atoms with van der Waals surface area (Å²) in [5, 5.41) is 11.1. The number of aliphatic hydroxyl groups is 1. The number of halogens is 1. The van der Waals surface area contributed by atoms with E-state index < -0.39 is 23.5 Å². The minimum atomic E-state index is -1.04. The minimum Gasteiger partial charge on any atom is -0.507 e. The Labute approximate surface area is 196 Å². The quantitative estimate of drug-likeness (QED) is 0.225. The molecule has 0 saturated carbocycles. The Morgan fingerprint density at radius 2 is 1.91 bits per heavy atom. The maximum atomic E-state index is 14.8. The maximum Gasteiger partial charge on any atom is 0.295 e. The highest BCUT2D eigenvalue weighted by atomic mass is 19.1. The lowest BCUT2D eigenvalue weighted by atomic mass is 9.95. The molecular weight excluding hydrogens is 437 g/mol. The van der Waals surface area contributed by atoms with Crippen molar-refractivity contribution in [1.29, 1.82) is 0 Å². The van der Waals surface area contributed by atoms with Crippen LogP contribution in [-0.4, -0.2) is 44.4 Å². The fraction of sp³-hybridized carbons (Fsp3) is 0.192. The molecule has 3 aromatic rings. The molecule has 1 aromatic heterocycles. The molecule has 0 spiro atoms. The second kappa shape index (κ2) is 10.2. The zero-order chi connectivity index (χ0) is 24.1. The average molecular weight is 461 g/mol. The third-order valence-electron chi connectivity index (χ3n) is 5.61. The molecule has 1 saturated heterocycles. The van der Waals surface area contributed by atoms with E-state index in [2.05, 4.69) is 11.6 Å². The normalized spacial score (nSPS) is 17.2. The van der Waals surface area contributed by atoms with E-state index in [0.717, 1.165) is 0 Å². The van der Waals surface area contributed by atoms with Crippen LogP contribution >= 0.6 is 0 Å². The van der Waals surface area contributed by atoms with Crippen molar-refractivity contribution in [2.24, 2.45) is 0 Å². The molecule has 8 heteroatoms. The molecule has 1 unspecified atom stereocenters. The molecule has 0 radical (unpaired) electrons. The lowest BCUT2D eigenvalue weighted by Gasteiger charge is -2.25. The Morgan fingerprint density at radius 3 is 2.59 bits per heavy atom. The predicted octanol–water partition coefficient (Wildman–Crippen LogP) is 4.10. The molecule has 34 heavy (non-hydrogen) atoms. The number of nitrogens with zero attached hydrogens (tertiary/aromatic N) is 3. The van der Waals surface area contributed by atoms with Crippen molar-refractivity contribution in [3.63, 3.8) is 0 Å². The number of aromatic nitrogens is 2. The standard InChI is InChI=1S/C26H24FN3O4/c1-2-16-34-19-10-8-18(9-11-19)24(31)22-23(20-6-3-4-7-21(20)27)30(26(33)25(22)32)14-5-13-29-15-12-28-17-29/h2-4,6-12,15,17,23,31H,1,5,13-14,16H2/b24-22-. The molecule has 1 amide bonds. The van der Waals surface area contributed by atoms with Crippen LogP contribution in [0.25, 0.3) is 5.76 Å². The Bertz CT molecular complexity index is 1220. The van der Waals surface area contributed by atoms with Crippen molar-refractivity contribution in [1.82, 2.24) is 14.5 Å². The number of benzene rings is 2. The fourth-order valence-electron chi connectivity index (χ4n) is 3.99. The Hall–Kier alpha value is -4.20. The van der Waals surface area contributed by atoms with Crippen LogP contribution in [0, 0.1) is 5.82 Å². The highest BCUT2D eigenvalue weighted by Crippen LogP contribution is 2.40. The Kier molecular flexibility index (Phi) is 6.87. The number of aliphatic hydroxyl groups excluding tert-OH is 1. The maximum absolute atomic E-state index is 14.8. The van der Waals surface area contributed by atoms with E-state index in [0.29, 0.717) is 30.9 Å². The van der Waals surface area contributed by atoms with Gasteiger partial charge in [-0.15, -0.1) is 0 Å². The van der Waals surface area contributed by atoms with Gasteiger partial charge in [0.2, 0.25) is 0 Å². The summed E-state index contributed by atoms with van der Waals surface area (Å²) < 4.78 is 22.1. The zero-order valence-electron chi connectivity index (χ0n) is 18.4. The van der Waals surface area contributed by atoms with Crippen LogP contribution in [0.15, 0.2) is 85.5 Å². The lowest BCUT2D eigenvalue weighted by molar-refractivity contribution is -0.140. The third kappa shape index (κ3) is 4.61. The first-order valence-corrected chi connectivity index (χ1v) is 10.8. The molecule has 174 valence electrons. The van der Waals surface area contributed by atoms with Gasteiger partial charge in [0.05, 0.1) is 17.9 Å². The van der Waals surface area contributed by atoms with Crippen LogP contribution in [-0.2, 0) is 16.1 Å². The largest absolute Gasteiger partial charge is 0.507 e. The number of hydrogen-bond acceptors (Lipinski definition) is 5. The molecule has 4 rings (SSSR count). The van der Waals surface area contributed by atoms with E-state index in [1.165, 1.54) is 23.1 Å². The van der Waals surface area contributed by atoms with Crippen molar-refractivity contribution < 1.29 is 23.8 Å². The lowest BCUT2D eigenvalue weighted by Crippen LogP contribution is -2.31. The summed E-state index contributed by atoms with van der Waals surface area (Å²) in [7, 11) is 0. The Morgan fingerprint density at radius 1 is 1.15 bits per heavy atom. The third-order valence-corrected chi connectivity index (χ3v) is 5.61. The number of ketones is 1. The summed E-state index contributed by atoms with van der Waals surface area (Å²) in [5.41, 5.74) is 0.331. The number of Topliss-reactive ketones (excluding diaryl/α,β-unsaturated/α-hetero) is 1. The topological polar surface area (TPSA) is 84.7 Å². The van der Waals surface area contributed by atoms with Crippen molar-refractivity contribution in [2.45, 2.75) is 19.0 Å². The first kappa shape index (κ1) is 23.0. The number of carbonyl (C=O) groups is 2. The molecule has 0 bridgehead atoms. The summed E-state index contributed by atoms with van der Waals surface area (Å²) in [5.74, 6) is -1.99. The van der Waals surface area contributed by atoms with Gasteiger partial charge >= 0.3 is 0 Å². The number of aryl methyl sites for hydroxylation is 1. The van der Waals surface area contributed by atoms with Gasteiger partial charge in [-0.2, -0.15) is 0 Å². The number of likely N-dealkylation sites (tertiary alicyclic amines) is 1. The van der Waals surface area contributed by atoms with Crippen LogP contribution in [0.2, 0.25) is 0 Å².